The summed E-state index contributed by atoms with van der Waals surface area (Å²) in [6, 6.07) is 2.60. The van der Waals surface area contributed by atoms with Crippen LogP contribution in [0, 0.1) is 28.9 Å². The number of benzene rings is 1. The van der Waals surface area contributed by atoms with Crippen molar-refractivity contribution >= 4 is 24.6 Å². The molecule has 1 saturated heterocycles. The zero-order valence-corrected chi connectivity index (χ0v) is 16.2. The van der Waals surface area contributed by atoms with Crippen molar-refractivity contribution < 1.29 is 28.4 Å². The molecule has 2 atom stereocenters. The summed E-state index contributed by atoms with van der Waals surface area (Å²) >= 11 is 0. The Kier molecular flexibility index (Phi) is 7.53. The second-order valence-corrected chi connectivity index (χ2v) is 7.33. The van der Waals surface area contributed by atoms with Gasteiger partial charge in [-0.05, 0) is 30.9 Å². The lowest BCUT2D eigenvalue weighted by Gasteiger charge is -2.41. The topological polar surface area (TPSA) is 126 Å². The van der Waals surface area contributed by atoms with Gasteiger partial charge in [0.1, 0.15) is 11.7 Å². The predicted molar refractivity (Wildman–Crippen MR) is 101 cm³/mol. The van der Waals surface area contributed by atoms with E-state index < -0.39 is 49.1 Å². The first-order valence-electron chi connectivity index (χ1n) is 9.23. The predicted octanol–water partition coefficient (Wildman–Crippen LogP) is 0.0743. The highest BCUT2D eigenvalue weighted by atomic mass is 19.1. The first kappa shape index (κ1) is 22.6. The maximum atomic E-state index is 14.2. The zero-order valence-electron chi connectivity index (χ0n) is 16.2. The van der Waals surface area contributed by atoms with Gasteiger partial charge in [0, 0.05) is 6.54 Å². The van der Waals surface area contributed by atoms with Crippen LogP contribution in [-0.2, 0) is 9.59 Å². The monoisotopic (exact) mass is 408 g/mol. The summed E-state index contributed by atoms with van der Waals surface area (Å²) in [7, 11) is -1.73. The van der Waals surface area contributed by atoms with Crippen molar-refractivity contribution in [3.63, 3.8) is 0 Å². The molecule has 0 radical (unpaired) electrons. The Hall–Kier alpha value is -2.71. The van der Waals surface area contributed by atoms with Gasteiger partial charge in [0.15, 0.2) is 11.6 Å². The van der Waals surface area contributed by atoms with E-state index in [1.807, 2.05) is 13.8 Å². The van der Waals surface area contributed by atoms with Crippen LogP contribution in [0.1, 0.15) is 32.3 Å². The van der Waals surface area contributed by atoms with Gasteiger partial charge in [-0.2, -0.15) is 5.26 Å². The van der Waals surface area contributed by atoms with Crippen LogP contribution in [0.2, 0.25) is 0 Å². The Balaban J connectivity index is 1.95. The summed E-state index contributed by atoms with van der Waals surface area (Å²) in [6.07, 6.45) is 0.683. The summed E-state index contributed by atoms with van der Waals surface area (Å²) in [4.78, 5) is 25.6. The number of halogens is 2. The van der Waals surface area contributed by atoms with Gasteiger partial charge in [0.05, 0.1) is 24.1 Å². The van der Waals surface area contributed by atoms with Gasteiger partial charge in [-0.25, -0.2) is 8.78 Å². The van der Waals surface area contributed by atoms with Gasteiger partial charge >= 0.3 is 7.12 Å². The third-order valence-electron chi connectivity index (χ3n) is 4.61. The number of rotatable bonds is 8. The summed E-state index contributed by atoms with van der Waals surface area (Å²) in [5, 5.41) is 32.2. The molecule has 8 nitrogen and oxygen atoms in total. The fourth-order valence-corrected chi connectivity index (χ4v) is 3.14. The molecule has 1 aliphatic heterocycles. The average Bonchev–Trinajstić information content (AvgIpc) is 2.60. The molecule has 1 aromatic carbocycles. The van der Waals surface area contributed by atoms with E-state index in [0.29, 0.717) is 12.8 Å². The van der Waals surface area contributed by atoms with Crippen molar-refractivity contribution in [2.75, 3.05) is 18.0 Å². The molecule has 1 heterocycles. The van der Waals surface area contributed by atoms with E-state index in [9.17, 15) is 28.4 Å². The van der Waals surface area contributed by atoms with Gasteiger partial charge in [-0.1, -0.05) is 13.8 Å². The lowest BCUT2D eigenvalue weighted by Crippen LogP contribution is -2.58. The van der Waals surface area contributed by atoms with E-state index in [1.165, 1.54) is 4.90 Å². The Bertz CT molecular complexity index is 793. The lowest BCUT2D eigenvalue weighted by molar-refractivity contribution is -0.127. The number of nitrogens with zero attached hydrogens (tertiary/aromatic N) is 2. The van der Waals surface area contributed by atoms with Crippen LogP contribution in [0.5, 0.6) is 0 Å². The number of amides is 2. The quantitative estimate of drug-likeness (QED) is 0.452. The number of hydrogen-bond donors (Lipinski definition) is 4. The van der Waals surface area contributed by atoms with E-state index in [-0.39, 0.29) is 23.7 Å². The van der Waals surface area contributed by atoms with Crippen LogP contribution < -0.4 is 15.5 Å². The highest BCUT2D eigenvalue weighted by Gasteiger charge is 2.37. The fourth-order valence-electron chi connectivity index (χ4n) is 3.14. The minimum atomic E-state index is -1.73. The van der Waals surface area contributed by atoms with Crippen molar-refractivity contribution in [1.29, 1.82) is 5.26 Å². The van der Waals surface area contributed by atoms with Crippen molar-refractivity contribution in [1.82, 2.24) is 10.6 Å². The first-order chi connectivity index (χ1) is 13.6. The van der Waals surface area contributed by atoms with E-state index in [1.54, 1.807) is 6.07 Å². The van der Waals surface area contributed by atoms with E-state index in [2.05, 4.69) is 10.6 Å². The largest absolute Gasteiger partial charge is 0.475 e. The van der Waals surface area contributed by atoms with Crippen LogP contribution in [0.15, 0.2) is 12.1 Å². The molecular formula is C18H23BF2N4O4. The molecule has 29 heavy (non-hydrogen) atoms. The first-order valence-corrected chi connectivity index (χ1v) is 9.23. The highest BCUT2D eigenvalue weighted by Crippen LogP contribution is 2.32. The number of hydrogen-bond acceptors (Lipinski definition) is 6. The van der Waals surface area contributed by atoms with Crippen molar-refractivity contribution in [2.45, 2.75) is 38.7 Å². The number of carbonyl (C=O) groups excluding carboxylic acids is 2. The van der Waals surface area contributed by atoms with E-state index >= 15 is 0 Å². The molecular weight excluding hydrogens is 385 g/mol. The molecule has 0 saturated carbocycles. The minimum Gasteiger partial charge on any atom is -0.426 e. The molecule has 4 N–H and O–H groups in total. The SMILES string of the molecule is CC(C)CC(NC(=O)CNC(=O)C1CCN1c1c(F)cc(C#N)cc1F)B(O)O. The smallest absolute Gasteiger partial charge is 0.426 e. The number of nitrogens with one attached hydrogen (secondary N) is 2. The fraction of sp³-hybridized carbons (Fsp3) is 0.500. The van der Waals surface area contributed by atoms with Crippen molar-refractivity contribution in [3.8, 4) is 6.07 Å². The molecule has 2 unspecified atom stereocenters. The number of nitriles is 1. The second-order valence-electron chi connectivity index (χ2n) is 7.33. The minimum absolute atomic E-state index is 0.109. The molecule has 1 aliphatic rings. The van der Waals surface area contributed by atoms with E-state index in [0.717, 1.165) is 12.1 Å². The number of anilines is 1. The molecule has 2 amide bonds. The Morgan fingerprint density at radius 1 is 1.34 bits per heavy atom. The van der Waals surface area contributed by atoms with Gasteiger partial charge < -0.3 is 25.6 Å². The molecule has 0 bridgehead atoms. The van der Waals surface area contributed by atoms with Gasteiger partial charge in [-0.15, -0.1) is 0 Å². The highest BCUT2D eigenvalue weighted by molar-refractivity contribution is 6.43. The number of carbonyl (C=O) groups is 2. The normalized spacial score (nSPS) is 16.6. The van der Waals surface area contributed by atoms with Crippen LogP contribution >= 0.6 is 0 Å². The molecule has 2 rings (SSSR count). The van der Waals surface area contributed by atoms with Crippen LogP contribution in [0.4, 0.5) is 14.5 Å². The van der Waals surface area contributed by atoms with Crippen LogP contribution in [0.3, 0.4) is 0 Å². The second kappa shape index (κ2) is 9.67. The summed E-state index contributed by atoms with van der Waals surface area (Å²) in [6.45, 7) is 3.55. The maximum absolute atomic E-state index is 14.2. The van der Waals surface area contributed by atoms with Crippen molar-refractivity contribution in [2.24, 2.45) is 5.92 Å². The summed E-state index contributed by atoms with van der Waals surface area (Å²) in [5.74, 6) is -3.84. The van der Waals surface area contributed by atoms with Gasteiger partial charge in [0.2, 0.25) is 11.8 Å². The Labute approximate surface area is 167 Å². The molecule has 0 spiro atoms. The Morgan fingerprint density at radius 2 is 1.97 bits per heavy atom. The summed E-state index contributed by atoms with van der Waals surface area (Å²) < 4.78 is 28.3. The molecule has 0 aromatic heterocycles. The molecule has 1 aromatic rings. The average molecular weight is 408 g/mol. The van der Waals surface area contributed by atoms with Gasteiger partial charge in [-0.3, -0.25) is 9.59 Å². The van der Waals surface area contributed by atoms with Gasteiger partial charge in [0.25, 0.3) is 0 Å². The Morgan fingerprint density at radius 3 is 2.41 bits per heavy atom. The molecule has 1 fully saturated rings. The zero-order chi connectivity index (χ0) is 21.7. The van der Waals surface area contributed by atoms with E-state index in [4.69, 9.17) is 5.26 Å². The van der Waals surface area contributed by atoms with Crippen LogP contribution in [0.25, 0.3) is 0 Å². The maximum Gasteiger partial charge on any atom is 0.475 e. The molecule has 11 heteroatoms. The molecule has 0 aliphatic carbocycles. The molecule has 156 valence electrons. The van der Waals surface area contributed by atoms with Crippen molar-refractivity contribution in [3.05, 3.63) is 29.3 Å². The third-order valence-corrected chi connectivity index (χ3v) is 4.61. The summed E-state index contributed by atoms with van der Waals surface area (Å²) in [5.41, 5.74) is -0.552. The lowest BCUT2D eigenvalue weighted by atomic mass is 9.75. The third kappa shape index (κ3) is 5.65. The van der Waals surface area contributed by atoms with Crippen LogP contribution in [-0.4, -0.2) is 54.1 Å². The standard InChI is InChI=1S/C18H23BF2N4O4/c1-10(2)5-15(19(28)29)24-16(26)9-23-18(27)14-3-4-25(14)17-12(20)6-11(8-22)7-13(17)21/h6-7,10,14-15,28-29H,3-5,9H2,1-2H3,(H,23,27)(H,24,26).